The molecule has 0 amide bonds. The molecular weight excluding hydrogens is 144 g/mol. The lowest BCUT2D eigenvalue weighted by atomic mass is 10.1. The molecule has 0 aliphatic heterocycles. The van der Waals surface area contributed by atoms with Crippen LogP contribution >= 0.6 is 0 Å². The summed E-state index contributed by atoms with van der Waals surface area (Å²) in [6, 6.07) is 0. The second-order valence-corrected chi connectivity index (χ2v) is 2.98. The molecule has 0 nitrogen and oxygen atoms in total. The van der Waals surface area contributed by atoms with E-state index in [1.54, 1.807) is 0 Å². The van der Waals surface area contributed by atoms with E-state index in [1.165, 1.54) is 31.3 Å². The molecule has 0 saturated heterocycles. The fourth-order valence-electron chi connectivity index (χ4n) is 0.723. The summed E-state index contributed by atoms with van der Waals surface area (Å²) in [7, 11) is 0. The van der Waals surface area contributed by atoms with Gasteiger partial charge in [0.25, 0.3) is 0 Å². The van der Waals surface area contributed by atoms with Gasteiger partial charge in [0.1, 0.15) is 0 Å². The third-order valence-electron chi connectivity index (χ3n) is 1.72. The molecule has 0 radical (unpaired) electrons. The maximum Gasteiger partial charge on any atom is -0.0285 e. The van der Waals surface area contributed by atoms with Gasteiger partial charge in [-0.15, -0.1) is 0 Å². The molecule has 12 heavy (non-hydrogen) atoms. The molecule has 0 N–H and O–H groups in total. The zero-order valence-corrected chi connectivity index (χ0v) is 8.06. The lowest BCUT2D eigenvalue weighted by molar-refractivity contribution is 0.886. The number of hydrogen-bond donors (Lipinski definition) is 0. The summed E-state index contributed by atoms with van der Waals surface area (Å²) in [6.07, 6.45) is 11.6. The first-order chi connectivity index (χ1) is 5.31. The highest BCUT2D eigenvalue weighted by Gasteiger charge is 1.88. The number of unbranched alkanes of at least 4 members (excludes halogenated alkanes) is 1. The Morgan fingerprint density at radius 2 is 1.83 bits per heavy atom. The molecule has 0 bridgehead atoms. The molecule has 0 spiro atoms. The molecule has 72 valence electrons. The maximum absolute atomic E-state index is 2.20. The van der Waals surface area contributed by atoms with Crippen LogP contribution in [0.25, 0.3) is 0 Å². The highest BCUT2D eigenvalue weighted by molar-refractivity contribution is 5.15. The van der Waals surface area contributed by atoms with Gasteiger partial charge in [-0.2, -0.15) is 0 Å². The van der Waals surface area contributed by atoms with Crippen LogP contribution < -0.4 is 0 Å². The molecule has 1 aliphatic rings. The van der Waals surface area contributed by atoms with E-state index in [4.69, 9.17) is 0 Å². The average Bonchev–Trinajstić information content (AvgIpc) is 2.07. The zero-order chi connectivity index (χ0) is 8.53. The van der Waals surface area contributed by atoms with Crippen molar-refractivity contribution >= 4 is 0 Å². The standard InChI is InChI=1S/C7H10.C4H10.CH4/c1-7-5-3-2-4-6-7;1-3-4-2;/h2-3,5H,4,6H2,1H3;3-4H2,1-2H3;1H4. The van der Waals surface area contributed by atoms with E-state index in [0.717, 1.165) is 0 Å². The highest BCUT2D eigenvalue weighted by atomic mass is 13.9. The lowest BCUT2D eigenvalue weighted by Gasteiger charge is -1.98. The summed E-state index contributed by atoms with van der Waals surface area (Å²) < 4.78 is 0. The Morgan fingerprint density at radius 1 is 1.25 bits per heavy atom. The fraction of sp³-hybridized carbons (Fsp3) is 0.667. The quantitative estimate of drug-likeness (QED) is 0.531. The second-order valence-electron chi connectivity index (χ2n) is 2.98. The van der Waals surface area contributed by atoms with Crippen molar-refractivity contribution in [1.82, 2.24) is 0 Å². The minimum absolute atomic E-state index is 0. The van der Waals surface area contributed by atoms with Crippen LogP contribution in [0.2, 0.25) is 0 Å². The van der Waals surface area contributed by atoms with Crippen LogP contribution in [0.3, 0.4) is 0 Å². The van der Waals surface area contributed by atoms with Gasteiger partial charge in [0.15, 0.2) is 0 Å². The summed E-state index contributed by atoms with van der Waals surface area (Å²) in [5, 5.41) is 0. The van der Waals surface area contributed by atoms with Crippen LogP contribution in [-0.4, -0.2) is 0 Å². The van der Waals surface area contributed by atoms with Crippen LogP contribution in [0, 0.1) is 0 Å². The average molecular weight is 168 g/mol. The number of allylic oxidation sites excluding steroid dienone is 4. The van der Waals surface area contributed by atoms with Gasteiger partial charge in [-0.1, -0.05) is 57.9 Å². The summed E-state index contributed by atoms with van der Waals surface area (Å²) >= 11 is 0. The zero-order valence-electron chi connectivity index (χ0n) is 8.06. The Balaban J connectivity index is 0. The van der Waals surface area contributed by atoms with Crippen molar-refractivity contribution in [1.29, 1.82) is 0 Å². The first kappa shape index (κ1) is 14.0. The molecule has 0 heteroatoms. The van der Waals surface area contributed by atoms with Crippen LogP contribution in [0.15, 0.2) is 23.8 Å². The van der Waals surface area contributed by atoms with Crippen molar-refractivity contribution in [2.45, 2.75) is 53.9 Å². The molecule has 0 fully saturated rings. The van der Waals surface area contributed by atoms with E-state index >= 15 is 0 Å². The van der Waals surface area contributed by atoms with E-state index in [1.807, 2.05) is 0 Å². The van der Waals surface area contributed by atoms with Gasteiger partial charge in [0.2, 0.25) is 0 Å². The number of hydrogen-bond acceptors (Lipinski definition) is 0. The maximum atomic E-state index is 2.20. The molecule has 0 atom stereocenters. The lowest BCUT2D eigenvalue weighted by Crippen LogP contribution is -1.78. The highest BCUT2D eigenvalue weighted by Crippen LogP contribution is 2.08. The van der Waals surface area contributed by atoms with E-state index < -0.39 is 0 Å². The molecule has 1 aliphatic carbocycles. The van der Waals surface area contributed by atoms with Crippen molar-refractivity contribution in [3.63, 3.8) is 0 Å². The SMILES string of the molecule is C.CC1=CC=CCC1.CCCC. The van der Waals surface area contributed by atoms with Crippen LogP contribution in [-0.2, 0) is 0 Å². The molecular formula is C12H24. The van der Waals surface area contributed by atoms with E-state index in [-0.39, 0.29) is 7.43 Å². The Kier molecular flexibility index (Phi) is 12.3. The van der Waals surface area contributed by atoms with Gasteiger partial charge >= 0.3 is 0 Å². The van der Waals surface area contributed by atoms with Gasteiger partial charge in [-0.25, -0.2) is 0 Å². The smallest absolute Gasteiger partial charge is 0.0285 e. The van der Waals surface area contributed by atoms with Crippen LogP contribution in [0.1, 0.15) is 53.9 Å². The molecule has 0 aromatic carbocycles. The Hall–Kier alpha value is -0.520. The molecule has 1 rings (SSSR count). The van der Waals surface area contributed by atoms with Crippen molar-refractivity contribution in [3.05, 3.63) is 23.8 Å². The second kappa shape index (κ2) is 10.5. The van der Waals surface area contributed by atoms with Crippen LogP contribution in [0.4, 0.5) is 0 Å². The number of rotatable bonds is 1. The topological polar surface area (TPSA) is 0 Å². The first-order valence-corrected chi connectivity index (χ1v) is 4.63. The van der Waals surface area contributed by atoms with Gasteiger partial charge < -0.3 is 0 Å². The van der Waals surface area contributed by atoms with Crippen molar-refractivity contribution in [3.8, 4) is 0 Å². The Labute approximate surface area is 78.4 Å². The summed E-state index contributed by atoms with van der Waals surface area (Å²) in [6.45, 7) is 6.53. The molecule has 0 heterocycles. The minimum atomic E-state index is 0. The van der Waals surface area contributed by atoms with Gasteiger partial charge in [-0.3, -0.25) is 0 Å². The minimum Gasteiger partial charge on any atom is -0.0842 e. The summed E-state index contributed by atoms with van der Waals surface area (Å²) in [5.74, 6) is 0. The van der Waals surface area contributed by atoms with Crippen molar-refractivity contribution in [2.75, 3.05) is 0 Å². The fourth-order valence-corrected chi connectivity index (χ4v) is 0.723. The predicted octanol–water partition coefficient (Wildman–Crippen LogP) is 4.73. The monoisotopic (exact) mass is 168 g/mol. The first-order valence-electron chi connectivity index (χ1n) is 4.63. The van der Waals surface area contributed by atoms with Crippen molar-refractivity contribution in [2.24, 2.45) is 0 Å². The molecule has 0 aromatic heterocycles. The van der Waals surface area contributed by atoms with Gasteiger partial charge in [-0.05, 0) is 19.8 Å². The summed E-state index contributed by atoms with van der Waals surface area (Å²) in [4.78, 5) is 0. The van der Waals surface area contributed by atoms with E-state index in [0.29, 0.717) is 0 Å². The summed E-state index contributed by atoms with van der Waals surface area (Å²) in [5.41, 5.74) is 1.50. The van der Waals surface area contributed by atoms with Gasteiger partial charge in [0.05, 0.1) is 0 Å². The largest absolute Gasteiger partial charge is 0.0842 e. The van der Waals surface area contributed by atoms with E-state index in [2.05, 4.69) is 39.0 Å². The predicted molar refractivity (Wildman–Crippen MR) is 59.4 cm³/mol. The third-order valence-corrected chi connectivity index (χ3v) is 1.72. The Bertz CT molecular complexity index is 127. The molecule has 0 saturated carbocycles. The van der Waals surface area contributed by atoms with E-state index in [9.17, 15) is 0 Å². The molecule has 0 aromatic rings. The molecule has 0 unspecified atom stereocenters. The normalized spacial score (nSPS) is 13.8. The third kappa shape index (κ3) is 9.48. The van der Waals surface area contributed by atoms with Crippen LogP contribution in [0.5, 0.6) is 0 Å². The van der Waals surface area contributed by atoms with Gasteiger partial charge in [0, 0.05) is 0 Å². The Morgan fingerprint density at radius 3 is 2.00 bits per heavy atom. The van der Waals surface area contributed by atoms with Crippen molar-refractivity contribution < 1.29 is 0 Å².